The summed E-state index contributed by atoms with van der Waals surface area (Å²) in [7, 11) is 0. The third-order valence-electron chi connectivity index (χ3n) is 14.1. The van der Waals surface area contributed by atoms with Gasteiger partial charge < -0.3 is 9.80 Å². The maximum absolute atomic E-state index is 2.52. The summed E-state index contributed by atoms with van der Waals surface area (Å²) < 4.78 is 0. The van der Waals surface area contributed by atoms with Crippen LogP contribution in [-0.2, 0) is 10.8 Å². The van der Waals surface area contributed by atoms with E-state index in [1.54, 1.807) is 0 Å². The smallest absolute Gasteiger partial charge is 0.0468 e. The van der Waals surface area contributed by atoms with Crippen LogP contribution >= 0.6 is 0 Å². The molecule has 2 aliphatic carbocycles. The molecule has 0 heterocycles. The summed E-state index contributed by atoms with van der Waals surface area (Å²) in [5.74, 6) is 0. The summed E-state index contributed by atoms with van der Waals surface area (Å²) >= 11 is 0. The molecular weight excluding hydrogens is 749 g/mol. The van der Waals surface area contributed by atoms with E-state index in [0.29, 0.717) is 0 Å². The van der Waals surface area contributed by atoms with Crippen molar-refractivity contribution in [3.05, 3.63) is 253 Å². The second-order valence-corrected chi connectivity index (χ2v) is 17.2. The highest BCUT2D eigenvalue weighted by atomic mass is 15.1. The average Bonchev–Trinajstić information content (AvgIpc) is 3.75. The molecule has 10 aromatic rings. The van der Waals surface area contributed by atoms with Gasteiger partial charge in [0.05, 0.1) is 0 Å². The Morgan fingerprint density at radius 1 is 0.242 bits per heavy atom. The Morgan fingerprint density at radius 2 is 0.565 bits per heavy atom. The molecule has 0 aliphatic heterocycles. The van der Waals surface area contributed by atoms with Gasteiger partial charge in [-0.1, -0.05) is 172 Å². The van der Waals surface area contributed by atoms with Gasteiger partial charge in [-0.2, -0.15) is 0 Å². The van der Waals surface area contributed by atoms with Gasteiger partial charge in [0, 0.05) is 45.0 Å². The van der Waals surface area contributed by atoms with Crippen molar-refractivity contribution in [2.75, 3.05) is 9.80 Å². The van der Waals surface area contributed by atoms with Crippen molar-refractivity contribution in [3.63, 3.8) is 0 Å². The lowest BCUT2D eigenvalue weighted by molar-refractivity contribution is 0.376. The zero-order chi connectivity index (χ0) is 41.4. The van der Waals surface area contributed by atoms with Gasteiger partial charge in [0.1, 0.15) is 0 Å². The lowest BCUT2D eigenvalue weighted by Crippen LogP contribution is -2.44. The maximum Gasteiger partial charge on any atom is 0.0468 e. The lowest BCUT2D eigenvalue weighted by Gasteiger charge is -2.45. The van der Waals surface area contributed by atoms with Crippen molar-refractivity contribution in [2.24, 2.45) is 0 Å². The minimum atomic E-state index is -0.457. The highest BCUT2D eigenvalue weighted by molar-refractivity contribution is 5.95. The minimum absolute atomic E-state index is 0.457. The SMILES string of the molecule is CC1(C2(C)c3ccccc3-c3ccc(N(c4ccccc4)c4ccc5ccccc5c4)cc32)c2ccccc2-c2ccc(N(c3ccccc3)c3ccc4ccccc4c3)cc21. The van der Waals surface area contributed by atoms with Crippen molar-refractivity contribution in [3.8, 4) is 22.3 Å². The second kappa shape index (κ2) is 13.9. The zero-order valence-electron chi connectivity index (χ0n) is 34.8. The van der Waals surface area contributed by atoms with E-state index in [0.717, 1.165) is 34.1 Å². The number of hydrogen-bond acceptors (Lipinski definition) is 2. The maximum atomic E-state index is 2.52. The van der Waals surface area contributed by atoms with Crippen LogP contribution in [-0.4, -0.2) is 0 Å². The van der Waals surface area contributed by atoms with Crippen LogP contribution in [0, 0.1) is 0 Å². The Kier molecular flexibility index (Phi) is 8.14. The fraction of sp³-hybridized carbons (Fsp3) is 0.0667. The average molecular weight is 793 g/mol. The highest BCUT2D eigenvalue weighted by Gasteiger charge is 2.57. The molecule has 2 unspecified atom stereocenters. The van der Waals surface area contributed by atoms with Crippen molar-refractivity contribution in [2.45, 2.75) is 24.7 Å². The molecule has 2 atom stereocenters. The lowest BCUT2D eigenvalue weighted by atomic mass is 9.56. The largest absolute Gasteiger partial charge is 0.310 e. The number of rotatable bonds is 7. The predicted molar refractivity (Wildman–Crippen MR) is 261 cm³/mol. The van der Waals surface area contributed by atoms with Crippen molar-refractivity contribution < 1.29 is 0 Å². The third-order valence-corrected chi connectivity index (χ3v) is 14.1. The molecule has 0 amide bonds. The molecule has 0 saturated carbocycles. The van der Waals surface area contributed by atoms with Crippen LogP contribution in [0.15, 0.2) is 231 Å². The van der Waals surface area contributed by atoms with Crippen LogP contribution in [0.4, 0.5) is 34.1 Å². The fourth-order valence-electron chi connectivity index (χ4n) is 11.0. The number of para-hydroxylation sites is 2. The van der Waals surface area contributed by atoms with Gasteiger partial charge in [-0.25, -0.2) is 0 Å². The van der Waals surface area contributed by atoms with Gasteiger partial charge in [-0.15, -0.1) is 0 Å². The van der Waals surface area contributed by atoms with Gasteiger partial charge in [0.25, 0.3) is 0 Å². The summed E-state index contributed by atoms with van der Waals surface area (Å²) in [4.78, 5) is 4.85. The Labute approximate surface area is 363 Å². The van der Waals surface area contributed by atoms with Crippen LogP contribution in [0.1, 0.15) is 36.1 Å². The van der Waals surface area contributed by atoms with Crippen LogP contribution < -0.4 is 9.80 Å². The number of fused-ring (bicyclic) bond motifs is 8. The minimum Gasteiger partial charge on any atom is -0.310 e. The first kappa shape index (κ1) is 36.2. The number of hydrogen-bond donors (Lipinski definition) is 0. The normalized spacial score (nSPS) is 17.0. The Morgan fingerprint density at radius 3 is 1.00 bits per heavy atom. The molecule has 294 valence electrons. The highest BCUT2D eigenvalue weighted by Crippen LogP contribution is 2.65. The van der Waals surface area contributed by atoms with Crippen molar-refractivity contribution in [1.29, 1.82) is 0 Å². The van der Waals surface area contributed by atoms with E-state index in [2.05, 4.69) is 254 Å². The number of benzene rings is 10. The Bertz CT molecular complexity index is 3130. The third kappa shape index (κ3) is 5.29. The molecule has 0 fully saturated rings. The molecule has 62 heavy (non-hydrogen) atoms. The van der Waals surface area contributed by atoms with E-state index in [9.17, 15) is 0 Å². The molecule has 0 N–H and O–H groups in total. The van der Waals surface area contributed by atoms with Gasteiger partial charge in [0.2, 0.25) is 0 Å². The molecule has 0 saturated heterocycles. The number of anilines is 6. The van der Waals surface area contributed by atoms with Gasteiger partial charge >= 0.3 is 0 Å². The number of nitrogens with zero attached hydrogens (tertiary/aromatic N) is 2. The predicted octanol–water partition coefficient (Wildman–Crippen LogP) is 16.2. The zero-order valence-corrected chi connectivity index (χ0v) is 34.8. The summed E-state index contributed by atoms with van der Waals surface area (Å²) in [6.07, 6.45) is 0. The van der Waals surface area contributed by atoms with E-state index in [1.165, 1.54) is 66.1 Å². The monoisotopic (exact) mass is 792 g/mol. The van der Waals surface area contributed by atoms with Gasteiger partial charge in [-0.3, -0.25) is 0 Å². The quantitative estimate of drug-likeness (QED) is 0.159. The molecular formula is C60H44N2. The first-order valence-corrected chi connectivity index (χ1v) is 21.7. The summed E-state index contributed by atoms with van der Waals surface area (Å²) in [6.45, 7) is 5.03. The molecule has 0 bridgehead atoms. The van der Waals surface area contributed by atoms with E-state index in [-0.39, 0.29) is 0 Å². The van der Waals surface area contributed by atoms with Crippen LogP contribution in [0.3, 0.4) is 0 Å². The van der Waals surface area contributed by atoms with Crippen molar-refractivity contribution in [1.82, 2.24) is 0 Å². The van der Waals surface area contributed by atoms with E-state index < -0.39 is 10.8 Å². The Balaban J connectivity index is 1.09. The molecule has 0 aromatic heterocycles. The Hall–Kier alpha value is -7.68. The summed E-state index contributed by atoms with van der Waals surface area (Å²) in [5.41, 5.74) is 16.5. The molecule has 0 spiro atoms. The topological polar surface area (TPSA) is 6.48 Å². The van der Waals surface area contributed by atoms with Crippen LogP contribution in [0.5, 0.6) is 0 Å². The fourth-order valence-corrected chi connectivity index (χ4v) is 11.0. The molecule has 2 aliphatic rings. The van der Waals surface area contributed by atoms with Gasteiger partial charge in [-0.05, 0) is 139 Å². The molecule has 2 heteroatoms. The molecule has 0 radical (unpaired) electrons. The van der Waals surface area contributed by atoms with E-state index >= 15 is 0 Å². The summed E-state index contributed by atoms with van der Waals surface area (Å²) in [5, 5.41) is 4.91. The summed E-state index contributed by atoms with van der Waals surface area (Å²) in [6, 6.07) is 85.2. The first-order valence-electron chi connectivity index (χ1n) is 21.7. The van der Waals surface area contributed by atoms with E-state index in [4.69, 9.17) is 0 Å². The van der Waals surface area contributed by atoms with Gasteiger partial charge in [0.15, 0.2) is 0 Å². The van der Waals surface area contributed by atoms with Crippen LogP contribution in [0.25, 0.3) is 43.8 Å². The molecule has 10 aromatic carbocycles. The van der Waals surface area contributed by atoms with Crippen molar-refractivity contribution >= 4 is 55.7 Å². The standard InChI is InChI=1S/C60H44N2/c1-59(55-27-15-13-25-51(55)53-35-33-49(39-57(53)59)61(45-21-5-3-6-22-45)47-31-29-41-17-9-11-19-43(41)37-47)60(2)56-28-16-14-26-52(56)54-36-34-50(40-58(54)60)62(46-23-7-4-8-24-46)48-32-30-42-18-10-12-20-44(42)38-48/h3-40H,1-2H3. The molecule has 12 rings (SSSR count). The second-order valence-electron chi connectivity index (χ2n) is 17.2. The van der Waals surface area contributed by atoms with Crippen LogP contribution in [0.2, 0.25) is 0 Å². The van der Waals surface area contributed by atoms with E-state index in [1.807, 2.05) is 0 Å². The first-order chi connectivity index (χ1) is 30.5. The molecule has 2 nitrogen and oxygen atoms in total.